The Morgan fingerprint density at radius 2 is 2.43 bits per heavy atom. The first-order valence-electron chi connectivity index (χ1n) is 4.76. The molecule has 0 aromatic carbocycles. The lowest BCUT2D eigenvalue weighted by Crippen LogP contribution is -2.36. The minimum absolute atomic E-state index is 0.0706. The van der Waals surface area contributed by atoms with Crippen LogP contribution in [-0.2, 0) is 11.3 Å². The molecule has 0 spiro atoms. The average molecular weight is 194 g/mol. The second-order valence-electron chi connectivity index (χ2n) is 3.80. The Morgan fingerprint density at radius 3 is 2.93 bits per heavy atom. The summed E-state index contributed by atoms with van der Waals surface area (Å²) < 4.78 is 4.90. The molecule has 0 atom stereocenters. The van der Waals surface area contributed by atoms with Crippen LogP contribution in [0.3, 0.4) is 0 Å². The van der Waals surface area contributed by atoms with Gasteiger partial charge < -0.3 is 15.5 Å². The zero-order chi connectivity index (χ0) is 10.0. The van der Waals surface area contributed by atoms with Gasteiger partial charge in [0.25, 0.3) is 0 Å². The van der Waals surface area contributed by atoms with Crippen molar-refractivity contribution in [2.45, 2.75) is 19.4 Å². The second-order valence-corrected chi connectivity index (χ2v) is 3.80. The minimum Gasteiger partial charge on any atom is -0.472 e. The Labute approximate surface area is 82.5 Å². The molecule has 1 aliphatic carbocycles. The number of amides is 1. The summed E-state index contributed by atoms with van der Waals surface area (Å²) in [5.41, 5.74) is 6.26. The van der Waals surface area contributed by atoms with E-state index in [2.05, 4.69) is 5.32 Å². The van der Waals surface area contributed by atoms with Crippen LogP contribution in [0.2, 0.25) is 0 Å². The van der Waals surface area contributed by atoms with Gasteiger partial charge >= 0.3 is 0 Å². The van der Waals surface area contributed by atoms with E-state index in [1.54, 1.807) is 12.5 Å². The number of hydrogen-bond donors (Lipinski definition) is 2. The van der Waals surface area contributed by atoms with E-state index >= 15 is 0 Å². The van der Waals surface area contributed by atoms with Crippen LogP contribution in [-0.4, -0.2) is 12.5 Å². The molecule has 14 heavy (non-hydrogen) atoms. The first kappa shape index (κ1) is 9.27. The number of hydrogen-bond acceptors (Lipinski definition) is 3. The van der Waals surface area contributed by atoms with Crippen molar-refractivity contribution >= 4 is 5.91 Å². The van der Waals surface area contributed by atoms with Gasteiger partial charge in [-0.25, -0.2) is 0 Å². The largest absolute Gasteiger partial charge is 0.472 e. The van der Waals surface area contributed by atoms with E-state index in [9.17, 15) is 4.79 Å². The average Bonchev–Trinajstić information content (AvgIpc) is 2.84. The lowest BCUT2D eigenvalue weighted by Gasteiger charge is -2.11. The van der Waals surface area contributed by atoms with Gasteiger partial charge in [-0.05, 0) is 18.9 Å². The Bertz CT molecular complexity index is 315. The number of rotatable bonds is 4. The highest BCUT2D eigenvalue weighted by Crippen LogP contribution is 2.44. The Kier molecular flexibility index (Phi) is 2.29. The van der Waals surface area contributed by atoms with Crippen LogP contribution in [0.25, 0.3) is 0 Å². The second kappa shape index (κ2) is 3.46. The van der Waals surface area contributed by atoms with Gasteiger partial charge in [0.05, 0.1) is 17.9 Å². The molecule has 4 nitrogen and oxygen atoms in total. The van der Waals surface area contributed by atoms with E-state index in [-0.39, 0.29) is 11.3 Å². The number of nitrogens with two attached hydrogens (primary N) is 1. The van der Waals surface area contributed by atoms with E-state index < -0.39 is 0 Å². The molecule has 0 aliphatic heterocycles. The molecule has 0 bridgehead atoms. The van der Waals surface area contributed by atoms with Crippen LogP contribution < -0.4 is 11.1 Å². The number of carbonyl (C=O) groups excluding carboxylic acids is 1. The Hall–Kier alpha value is -1.29. The molecule has 2 rings (SSSR count). The topological polar surface area (TPSA) is 68.3 Å². The highest BCUT2D eigenvalue weighted by molar-refractivity contribution is 5.85. The molecule has 1 aromatic heterocycles. The smallest absolute Gasteiger partial charge is 0.227 e. The fourth-order valence-corrected chi connectivity index (χ4v) is 1.44. The number of nitrogens with one attached hydrogen (secondary N) is 1. The van der Waals surface area contributed by atoms with Crippen molar-refractivity contribution in [1.29, 1.82) is 0 Å². The third-order valence-electron chi connectivity index (χ3n) is 2.76. The summed E-state index contributed by atoms with van der Waals surface area (Å²) in [7, 11) is 0. The van der Waals surface area contributed by atoms with E-state index in [1.807, 2.05) is 6.07 Å². The molecule has 3 N–H and O–H groups in total. The van der Waals surface area contributed by atoms with Crippen molar-refractivity contribution in [3.05, 3.63) is 24.2 Å². The van der Waals surface area contributed by atoms with E-state index in [4.69, 9.17) is 10.2 Å². The van der Waals surface area contributed by atoms with Crippen molar-refractivity contribution in [2.75, 3.05) is 6.54 Å². The van der Waals surface area contributed by atoms with Crippen LogP contribution in [0.4, 0.5) is 0 Å². The summed E-state index contributed by atoms with van der Waals surface area (Å²) >= 11 is 0. The van der Waals surface area contributed by atoms with Gasteiger partial charge in [-0.2, -0.15) is 0 Å². The number of carbonyl (C=O) groups is 1. The summed E-state index contributed by atoms with van der Waals surface area (Å²) in [5.74, 6) is 0.0706. The SMILES string of the molecule is NCC1(C(=O)NCc2ccoc2)CC1. The van der Waals surface area contributed by atoms with Crippen molar-refractivity contribution in [3.8, 4) is 0 Å². The third kappa shape index (κ3) is 1.65. The maximum absolute atomic E-state index is 11.6. The fourth-order valence-electron chi connectivity index (χ4n) is 1.44. The standard InChI is InChI=1S/C10H14N2O2/c11-7-10(2-3-10)9(13)12-5-8-1-4-14-6-8/h1,4,6H,2-3,5,7,11H2,(H,12,13). The first-order chi connectivity index (χ1) is 6.77. The van der Waals surface area contributed by atoms with Crippen LogP contribution in [0.15, 0.2) is 23.0 Å². The molecule has 1 aromatic rings. The van der Waals surface area contributed by atoms with Crippen LogP contribution in [0.1, 0.15) is 18.4 Å². The monoisotopic (exact) mass is 194 g/mol. The van der Waals surface area contributed by atoms with Gasteiger partial charge in [-0.1, -0.05) is 0 Å². The highest BCUT2D eigenvalue weighted by Gasteiger charge is 2.48. The lowest BCUT2D eigenvalue weighted by molar-refractivity contribution is -0.126. The summed E-state index contributed by atoms with van der Waals surface area (Å²) in [6.45, 7) is 0.974. The van der Waals surface area contributed by atoms with E-state index in [0.717, 1.165) is 18.4 Å². The fraction of sp³-hybridized carbons (Fsp3) is 0.500. The van der Waals surface area contributed by atoms with E-state index in [1.165, 1.54) is 0 Å². The van der Waals surface area contributed by atoms with Gasteiger partial charge in [-0.15, -0.1) is 0 Å². The summed E-state index contributed by atoms with van der Waals surface area (Å²) in [6.07, 6.45) is 5.06. The predicted molar refractivity (Wildman–Crippen MR) is 51.3 cm³/mol. The van der Waals surface area contributed by atoms with Gasteiger partial charge in [0, 0.05) is 18.7 Å². The minimum atomic E-state index is -0.260. The van der Waals surface area contributed by atoms with Crippen molar-refractivity contribution in [2.24, 2.45) is 11.1 Å². The maximum atomic E-state index is 11.6. The molecule has 4 heteroatoms. The van der Waals surface area contributed by atoms with Crippen molar-refractivity contribution in [1.82, 2.24) is 5.32 Å². The normalized spacial score (nSPS) is 17.8. The Balaban J connectivity index is 1.84. The van der Waals surface area contributed by atoms with Gasteiger partial charge in [0.1, 0.15) is 0 Å². The van der Waals surface area contributed by atoms with Crippen LogP contribution >= 0.6 is 0 Å². The zero-order valence-electron chi connectivity index (χ0n) is 7.95. The van der Waals surface area contributed by atoms with Gasteiger partial charge in [-0.3, -0.25) is 4.79 Å². The lowest BCUT2D eigenvalue weighted by atomic mass is 10.1. The van der Waals surface area contributed by atoms with Crippen LogP contribution in [0, 0.1) is 5.41 Å². The molecule has 1 fully saturated rings. The van der Waals surface area contributed by atoms with Crippen molar-refractivity contribution in [3.63, 3.8) is 0 Å². The van der Waals surface area contributed by atoms with E-state index in [0.29, 0.717) is 13.1 Å². The quantitative estimate of drug-likeness (QED) is 0.738. The molecule has 76 valence electrons. The molecule has 0 unspecified atom stereocenters. The molecule has 1 aliphatic rings. The maximum Gasteiger partial charge on any atom is 0.227 e. The third-order valence-corrected chi connectivity index (χ3v) is 2.76. The van der Waals surface area contributed by atoms with Crippen LogP contribution in [0.5, 0.6) is 0 Å². The predicted octanol–water partition coefficient (Wildman–Crippen LogP) is 0.635. The molecule has 0 radical (unpaired) electrons. The molecule has 1 saturated carbocycles. The van der Waals surface area contributed by atoms with Gasteiger partial charge in [0.15, 0.2) is 0 Å². The molecule has 1 amide bonds. The summed E-state index contributed by atoms with van der Waals surface area (Å²) in [6, 6.07) is 1.84. The number of furan rings is 1. The van der Waals surface area contributed by atoms with Crippen molar-refractivity contribution < 1.29 is 9.21 Å². The summed E-state index contributed by atoms with van der Waals surface area (Å²) in [4.78, 5) is 11.6. The Morgan fingerprint density at radius 1 is 1.64 bits per heavy atom. The molecular weight excluding hydrogens is 180 g/mol. The molecular formula is C10H14N2O2. The van der Waals surface area contributed by atoms with Gasteiger partial charge in [0.2, 0.25) is 5.91 Å². The zero-order valence-corrected chi connectivity index (χ0v) is 7.95. The highest BCUT2D eigenvalue weighted by atomic mass is 16.3. The first-order valence-corrected chi connectivity index (χ1v) is 4.76. The molecule has 1 heterocycles. The summed E-state index contributed by atoms with van der Waals surface area (Å²) in [5, 5.41) is 2.86. The molecule has 0 saturated heterocycles.